The number of aryl methyl sites for hydroxylation is 2. The van der Waals surface area contributed by atoms with Crippen LogP contribution in [0.5, 0.6) is 0 Å². The largest absolute Gasteiger partial charge is 0.320 e. The van der Waals surface area contributed by atoms with Crippen LogP contribution in [0.15, 0.2) is 42.9 Å². The van der Waals surface area contributed by atoms with Crippen molar-refractivity contribution in [2.75, 3.05) is 5.32 Å². The van der Waals surface area contributed by atoms with Gasteiger partial charge >= 0.3 is 0 Å². The zero-order chi connectivity index (χ0) is 14.8. The van der Waals surface area contributed by atoms with Crippen LogP contribution in [0, 0.1) is 13.8 Å². The van der Waals surface area contributed by atoms with Gasteiger partial charge in [-0.05, 0) is 26.0 Å². The Balaban J connectivity index is 2.01. The first kappa shape index (κ1) is 13.2. The molecule has 104 valence electrons. The van der Waals surface area contributed by atoms with E-state index in [1.54, 1.807) is 20.0 Å². The first-order valence-corrected chi connectivity index (χ1v) is 6.60. The van der Waals surface area contributed by atoms with E-state index in [4.69, 9.17) is 0 Å². The van der Waals surface area contributed by atoms with E-state index >= 15 is 0 Å². The number of fused-ring (bicyclic) bond motifs is 1. The lowest BCUT2D eigenvalue weighted by Crippen LogP contribution is -2.17. The van der Waals surface area contributed by atoms with Crippen molar-refractivity contribution in [3.05, 3.63) is 59.8 Å². The number of carbonyl (C=O) groups excluding carboxylic acids is 1. The number of aromatic nitrogens is 3. The van der Waals surface area contributed by atoms with Crippen molar-refractivity contribution >= 4 is 22.5 Å². The molecule has 3 rings (SSSR count). The summed E-state index contributed by atoms with van der Waals surface area (Å²) in [5.74, 6) is -0.219. The van der Waals surface area contributed by atoms with Gasteiger partial charge in [0.25, 0.3) is 5.91 Å². The monoisotopic (exact) mass is 278 g/mol. The zero-order valence-electron chi connectivity index (χ0n) is 11.8. The molecule has 0 atom stereocenters. The van der Waals surface area contributed by atoms with E-state index in [1.165, 1.54) is 6.33 Å². The van der Waals surface area contributed by atoms with E-state index in [1.807, 2.05) is 30.3 Å². The summed E-state index contributed by atoms with van der Waals surface area (Å²) >= 11 is 0. The second-order valence-corrected chi connectivity index (χ2v) is 4.75. The van der Waals surface area contributed by atoms with E-state index in [0.717, 1.165) is 10.9 Å². The van der Waals surface area contributed by atoms with E-state index < -0.39 is 0 Å². The van der Waals surface area contributed by atoms with Crippen LogP contribution in [0.2, 0.25) is 0 Å². The highest BCUT2D eigenvalue weighted by Crippen LogP contribution is 2.22. The molecule has 2 heterocycles. The lowest BCUT2D eigenvalue weighted by molar-refractivity contribution is 0.102. The van der Waals surface area contributed by atoms with Crippen molar-refractivity contribution in [1.82, 2.24) is 15.0 Å². The molecule has 0 aliphatic heterocycles. The van der Waals surface area contributed by atoms with Crippen LogP contribution >= 0.6 is 0 Å². The Morgan fingerprint density at radius 3 is 2.48 bits per heavy atom. The van der Waals surface area contributed by atoms with E-state index in [-0.39, 0.29) is 5.91 Å². The van der Waals surface area contributed by atoms with Gasteiger partial charge in [0.1, 0.15) is 6.33 Å². The molecule has 0 saturated carbocycles. The van der Waals surface area contributed by atoms with Gasteiger partial charge in [0.05, 0.1) is 28.2 Å². The first-order valence-electron chi connectivity index (χ1n) is 6.60. The van der Waals surface area contributed by atoms with Gasteiger partial charge < -0.3 is 5.32 Å². The number of hydrogen-bond donors (Lipinski definition) is 1. The van der Waals surface area contributed by atoms with Crippen LogP contribution in [-0.4, -0.2) is 20.9 Å². The second-order valence-electron chi connectivity index (χ2n) is 4.75. The maximum atomic E-state index is 12.5. The highest BCUT2D eigenvalue weighted by Gasteiger charge is 2.15. The van der Waals surface area contributed by atoms with Crippen molar-refractivity contribution in [3.8, 4) is 0 Å². The van der Waals surface area contributed by atoms with Gasteiger partial charge in [-0.15, -0.1) is 0 Å². The summed E-state index contributed by atoms with van der Waals surface area (Å²) in [7, 11) is 0. The summed E-state index contributed by atoms with van der Waals surface area (Å²) in [5.41, 5.74) is 3.27. The predicted molar refractivity (Wildman–Crippen MR) is 81.2 cm³/mol. The quantitative estimate of drug-likeness (QED) is 0.782. The minimum Gasteiger partial charge on any atom is -0.320 e. The van der Waals surface area contributed by atoms with Gasteiger partial charge in [-0.2, -0.15) is 0 Å². The lowest BCUT2D eigenvalue weighted by Gasteiger charge is -2.10. The molecule has 0 unspecified atom stereocenters. The fourth-order valence-electron chi connectivity index (χ4n) is 2.31. The molecule has 1 amide bonds. The zero-order valence-corrected chi connectivity index (χ0v) is 11.8. The van der Waals surface area contributed by atoms with Gasteiger partial charge in [-0.25, -0.2) is 9.97 Å². The summed E-state index contributed by atoms with van der Waals surface area (Å²) < 4.78 is 0. The number of anilines is 1. The highest BCUT2D eigenvalue weighted by atomic mass is 16.1. The molecule has 5 nitrogen and oxygen atoms in total. The maximum absolute atomic E-state index is 12.5. The fraction of sp³-hybridized carbons (Fsp3) is 0.125. The van der Waals surface area contributed by atoms with Crippen molar-refractivity contribution in [1.29, 1.82) is 0 Å². The third-order valence-corrected chi connectivity index (χ3v) is 3.33. The van der Waals surface area contributed by atoms with Crippen LogP contribution in [0.3, 0.4) is 0 Å². The van der Waals surface area contributed by atoms with Gasteiger partial charge in [0.2, 0.25) is 0 Å². The molecule has 1 aromatic carbocycles. The molecule has 3 aromatic rings. The number of nitrogens with zero attached hydrogens (tertiary/aromatic N) is 3. The van der Waals surface area contributed by atoms with E-state index in [2.05, 4.69) is 20.3 Å². The van der Waals surface area contributed by atoms with Crippen molar-refractivity contribution in [3.63, 3.8) is 0 Å². The number of pyridine rings is 1. The van der Waals surface area contributed by atoms with Gasteiger partial charge in [0.15, 0.2) is 0 Å². The van der Waals surface area contributed by atoms with Crippen molar-refractivity contribution in [2.45, 2.75) is 13.8 Å². The van der Waals surface area contributed by atoms with Gasteiger partial charge in [-0.1, -0.05) is 18.2 Å². The Morgan fingerprint density at radius 1 is 1.00 bits per heavy atom. The smallest absolute Gasteiger partial charge is 0.259 e. The minimum atomic E-state index is -0.219. The molecule has 0 bridgehead atoms. The highest BCUT2D eigenvalue weighted by molar-refractivity contribution is 6.09. The lowest BCUT2D eigenvalue weighted by atomic mass is 10.1. The summed E-state index contributed by atoms with van der Waals surface area (Å²) in [5, 5.41) is 3.88. The molecular formula is C16H14N4O. The third kappa shape index (κ3) is 2.45. The Hall–Kier alpha value is -2.82. The molecular weight excluding hydrogens is 264 g/mol. The molecule has 2 aromatic heterocycles. The molecule has 5 heteroatoms. The molecule has 0 radical (unpaired) electrons. The van der Waals surface area contributed by atoms with Crippen LogP contribution in [0.25, 0.3) is 10.9 Å². The first-order chi connectivity index (χ1) is 10.2. The van der Waals surface area contributed by atoms with Crippen LogP contribution in [0.4, 0.5) is 5.69 Å². The number of carbonyl (C=O) groups is 1. The van der Waals surface area contributed by atoms with E-state index in [0.29, 0.717) is 22.6 Å². The topological polar surface area (TPSA) is 67.8 Å². The standard InChI is InChI=1S/C16H14N4O/c1-10-14(11(2)19-9-18-10)16(21)20-13-7-3-5-12-6-4-8-17-15(12)13/h3-9H,1-2H3,(H,20,21). The van der Waals surface area contributed by atoms with Crippen LogP contribution in [-0.2, 0) is 0 Å². The third-order valence-electron chi connectivity index (χ3n) is 3.33. The SMILES string of the molecule is Cc1ncnc(C)c1C(=O)Nc1cccc2cccnc12. The minimum absolute atomic E-state index is 0.219. The number of rotatable bonds is 2. The van der Waals surface area contributed by atoms with Crippen molar-refractivity contribution in [2.24, 2.45) is 0 Å². The molecule has 0 spiro atoms. The summed E-state index contributed by atoms with van der Waals surface area (Å²) in [6, 6.07) is 9.51. The average Bonchev–Trinajstić information content (AvgIpc) is 2.47. The average molecular weight is 278 g/mol. The summed E-state index contributed by atoms with van der Waals surface area (Å²) in [6.45, 7) is 3.59. The molecule has 0 fully saturated rings. The van der Waals surface area contributed by atoms with E-state index in [9.17, 15) is 4.79 Å². The van der Waals surface area contributed by atoms with Gasteiger partial charge in [-0.3, -0.25) is 9.78 Å². The Kier molecular flexibility index (Phi) is 3.31. The molecule has 1 N–H and O–H groups in total. The Labute approximate surface area is 122 Å². The molecule has 21 heavy (non-hydrogen) atoms. The molecule has 0 aliphatic carbocycles. The Morgan fingerprint density at radius 2 is 1.71 bits per heavy atom. The number of amides is 1. The number of nitrogens with one attached hydrogen (secondary N) is 1. The van der Waals surface area contributed by atoms with Crippen molar-refractivity contribution < 1.29 is 4.79 Å². The number of hydrogen-bond acceptors (Lipinski definition) is 4. The normalized spacial score (nSPS) is 10.6. The predicted octanol–water partition coefficient (Wildman–Crippen LogP) is 2.89. The Bertz CT molecular complexity index is 804. The second kappa shape index (κ2) is 5.28. The molecule has 0 aliphatic rings. The summed E-state index contributed by atoms with van der Waals surface area (Å²) in [4.78, 5) is 25.0. The molecule has 0 saturated heterocycles. The maximum Gasteiger partial charge on any atom is 0.259 e. The van der Waals surface area contributed by atoms with Crippen LogP contribution in [0.1, 0.15) is 21.7 Å². The number of benzene rings is 1. The van der Waals surface area contributed by atoms with Crippen LogP contribution < -0.4 is 5.32 Å². The fourth-order valence-corrected chi connectivity index (χ4v) is 2.31. The number of para-hydroxylation sites is 1. The summed E-state index contributed by atoms with van der Waals surface area (Å²) in [6.07, 6.45) is 3.17. The van der Waals surface area contributed by atoms with Gasteiger partial charge in [0, 0.05) is 11.6 Å².